The molecule has 1 heterocycles. The van der Waals surface area contributed by atoms with Crippen molar-refractivity contribution in [2.45, 2.75) is 6.18 Å². The van der Waals surface area contributed by atoms with Crippen molar-refractivity contribution in [1.82, 2.24) is 9.97 Å². The third-order valence-corrected chi connectivity index (χ3v) is 4.44. The van der Waals surface area contributed by atoms with Gasteiger partial charge in [0.2, 0.25) is 11.7 Å². The Bertz CT molecular complexity index is 1020. The van der Waals surface area contributed by atoms with Gasteiger partial charge in [0.1, 0.15) is 5.82 Å². The van der Waals surface area contributed by atoms with E-state index >= 15 is 0 Å². The first-order chi connectivity index (χ1) is 13.2. The smallest absolute Gasteiger partial charge is 0.350 e. The summed E-state index contributed by atoms with van der Waals surface area (Å²) >= 11 is 12.0. The van der Waals surface area contributed by atoms with E-state index in [0.29, 0.717) is 5.39 Å². The predicted octanol–water partition coefficient (Wildman–Crippen LogP) is 5.03. The minimum absolute atomic E-state index is 0.0154. The molecule has 3 aromatic rings. The minimum Gasteiger partial charge on any atom is -0.350 e. The van der Waals surface area contributed by atoms with Gasteiger partial charge in [-0.1, -0.05) is 41.4 Å². The van der Waals surface area contributed by atoms with Gasteiger partial charge in [0.05, 0.1) is 27.8 Å². The van der Waals surface area contributed by atoms with E-state index in [1.165, 1.54) is 18.0 Å². The topological polar surface area (TPSA) is 58.1 Å². The van der Waals surface area contributed by atoms with Crippen LogP contribution in [0.25, 0.3) is 10.9 Å². The van der Waals surface area contributed by atoms with Crippen molar-refractivity contribution in [2.75, 3.05) is 23.8 Å². The largest absolute Gasteiger partial charge is 0.451 e. The molecule has 146 valence electrons. The van der Waals surface area contributed by atoms with Crippen LogP contribution in [0, 0.1) is 0 Å². The lowest BCUT2D eigenvalue weighted by atomic mass is 10.2. The standard InChI is InChI=1S/C18H13Cl2F3N4O/c1-27(9-14(28)25-15-11(19)6-4-7-12(15)20)16-10-5-2-3-8-13(10)24-17(26-16)18(21,22)23/h2-8H,9H2,1H3,(H,25,28). The highest BCUT2D eigenvalue weighted by atomic mass is 35.5. The summed E-state index contributed by atoms with van der Waals surface area (Å²) in [6.45, 7) is -0.278. The number of nitrogens with zero attached hydrogens (tertiary/aromatic N) is 3. The normalized spacial score (nSPS) is 11.5. The molecule has 0 saturated carbocycles. The summed E-state index contributed by atoms with van der Waals surface area (Å²) in [7, 11) is 1.46. The third-order valence-electron chi connectivity index (χ3n) is 3.81. The number of para-hydroxylation sites is 2. The maximum atomic E-state index is 13.1. The molecule has 0 aliphatic rings. The zero-order valence-electron chi connectivity index (χ0n) is 14.4. The molecule has 1 aromatic heterocycles. The summed E-state index contributed by atoms with van der Waals surface area (Å²) in [6.07, 6.45) is -4.72. The molecule has 5 nitrogen and oxygen atoms in total. The average molecular weight is 429 g/mol. The van der Waals surface area contributed by atoms with Crippen molar-refractivity contribution in [2.24, 2.45) is 0 Å². The molecular weight excluding hydrogens is 416 g/mol. The molecule has 0 radical (unpaired) electrons. The fourth-order valence-corrected chi connectivity index (χ4v) is 3.06. The number of halogens is 5. The van der Waals surface area contributed by atoms with Crippen molar-refractivity contribution in [1.29, 1.82) is 0 Å². The van der Waals surface area contributed by atoms with E-state index in [-0.39, 0.29) is 33.6 Å². The first kappa shape index (κ1) is 20.2. The lowest BCUT2D eigenvalue weighted by molar-refractivity contribution is -0.144. The number of alkyl halides is 3. The lowest BCUT2D eigenvalue weighted by Crippen LogP contribution is -2.31. The second kappa shape index (κ2) is 7.81. The number of nitrogens with one attached hydrogen (secondary N) is 1. The van der Waals surface area contributed by atoms with E-state index in [9.17, 15) is 18.0 Å². The van der Waals surface area contributed by atoms with E-state index in [4.69, 9.17) is 23.2 Å². The molecule has 0 saturated heterocycles. The summed E-state index contributed by atoms with van der Waals surface area (Å²) in [5.74, 6) is -1.81. The Morgan fingerprint density at radius 3 is 2.36 bits per heavy atom. The maximum Gasteiger partial charge on any atom is 0.451 e. The zero-order valence-corrected chi connectivity index (χ0v) is 15.9. The molecule has 0 unspecified atom stereocenters. The molecule has 1 amide bonds. The van der Waals surface area contributed by atoms with Gasteiger partial charge in [-0.2, -0.15) is 13.2 Å². The first-order valence-electron chi connectivity index (χ1n) is 7.96. The number of hydrogen-bond donors (Lipinski definition) is 1. The molecule has 0 aliphatic carbocycles. The van der Waals surface area contributed by atoms with Crippen molar-refractivity contribution in [3.8, 4) is 0 Å². The Morgan fingerprint density at radius 1 is 1.07 bits per heavy atom. The molecule has 1 N–H and O–H groups in total. The van der Waals surface area contributed by atoms with Crippen LogP contribution in [0.2, 0.25) is 10.0 Å². The summed E-state index contributed by atoms with van der Waals surface area (Å²) in [4.78, 5) is 20.9. The molecule has 0 fully saturated rings. The second-order valence-electron chi connectivity index (χ2n) is 5.89. The highest BCUT2D eigenvalue weighted by molar-refractivity contribution is 6.39. The van der Waals surface area contributed by atoms with Crippen LogP contribution in [-0.4, -0.2) is 29.5 Å². The molecule has 3 rings (SSSR count). The number of amides is 1. The van der Waals surface area contributed by atoms with Gasteiger partial charge < -0.3 is 10.2 Å². The first-order valence-corrected chi connectivity index (χ1v) is 8.71. The number of rotatable bonds is 4. The van der Waals surface area contributed by atoms with E-state index in [1.807, 2.05) is 0 Å². The maximum absolute atomic E-state index is 13.1. The molecule has 0 atom stereocenters. The number of aromatic nitrogens is 2. The summed E-state index contributed by atoms with van der Waals surface area (Å²) < 4.78 is 39.4. The monoisotopic (exact) mass is 428 g/mol. The van der Waals surface area contributed by atoms with Gasteiger partial charge in [0.25, 0.3) is 0 Å². The quantitative estimate of drug-likeness (QED) is 0.632. The van der Waals surface area contributed by atoms with Gasteiger partial charge in [-0.05, 0) is 24.3 Å². The van der Waals surface area contributed by atoms with E-state index in [0.717, 1.165) is 0 Å². The summed E-state index contributed by atoms with van der Waals surface area (Å²) in [6, 6.07) is 11.0. The summed E-state index contributed by atoms with van der Waals surface area (Å²) in [5.41, 5.74) is 0.356. The van der Waals surface area contributed by atoms with Crippen LogP contribution in [0.3, 0.4) is 0 Å². The van der Waals surface area contributed by atoms with Gasteiger partial charge in [0.15, 0.2) is 0 Å². The van der Waals surface area contributed by atoms with E-state index in [2.05, 4.69) is 15.3 Å². The van der Waals surface area contributed by atoms with Crippen LogP contribution in [0.5, 0.6) is 0 Å². The van der Waals surface area contributed by atoms with Crippen molar-refractivity contribution in [3.63, 3.8) is 0 Å². The fourth-order valence-electron chi connectivity index (χ4n) is 2.56. The van der Waals surface area contributed by atoms with Crippen LogP contribution in [-0.2, 0) is 11.0 Å². The number of likely N-dealkylation sites (N-methyl/N-ethyl adjacent to an activating group) is 1. The molecular formula is C18H13Cl2F3N4O. The van der Waals surface area contributed by atoms with Crippen LogP contribution in [0.1, 0.15) is 5.82 Å². The third kappa shape index (κ3) is 4.28. The van der Waals surface area contributed by atoms with E-state index < -0.39 is 17.9 Å². The van der Waals surface area contributed by atoms with Crippen LogP contribution >= 0.6 is 23.2 Å². The number of carbonyl (C=O) groups excluding carboxylic acids is 1. The number of hydrogen-bond acceptors (Lipinski definition) is 4. The highest BCUT2D eigenvalue weighted by Gasteiger charge is 2.36. The number of benzene rings is 2. The van der Waals surface area contributed by atoms with Crippen LogP contribution in [0.4, 0.5) is 24.7 Å². The van der Waals surface area contributed by atoms with Gasteiger partial charge in [-0.25, -0.2) is 9.97 Å². The average Bonchev–Trinajstić information content (AvgIpc) is 2.63. The van der Waals surface area contributed by atoms with Gasteiger partial charge in [-0.3, -0.25) is 4.79 Å². The molecule has 28 heavy (non-hydrogen) atoms. The van der Waals surface area contributed by atoms with Gasteiger partial charge in [-0.15, -0.1) is 0 Å². The van der Waals surface area contributed by atoms with Crippen molar-refractivity contribution < 1.29 is 18.0 Å². The predicted molar refractivity (Wildman–Crippen MR) is 103 cm³/mol. The van der Waals surface area contributed by atoms with Crippen LogP contribution in [0.15, 0.2) is 42.5 Å². The van der Waals surface area contributed by atoms with Gasteiger partial charge in [0, 0.05) is 12.4 Å². The molecule has 0 spiro atoms. The second-order valence-corrected chi connectivity index (χ2v) is 6.70. The lowest BCUT2D eigenvalue weighted by Gasteiger charge is -2.21. The Labute approximate surface area is 168 Å². The molecule has 10 heteroatoms. The SMILES string of the molecule is CN(CC(=O)Nc1c(Cl)cccc1Cl)c1nc(C(F)(F)F)nc2ccccc12. The summed E-state index contributed by atoms with van der Waals surface area (Å²) in [5, 5.41) is 3.44. The molecule has 0 bridgehead atoms. The minimum atomic E-state index is -4.72. The highest BCUT2D eigenvalue weighted by Crippen LogP contribution is 2.32. The Balaban J connectivity index is 1.90. The van der Waals surface area contributed by atoms with Gasteiger partial charge >= 0.3 is 6.18 Å². The molecule has 0 aliphatic heterocycles. The molecule has 2 aromatic carbocycles. The Kier molecular flexibility index (Phi) is 5.62. The fraction of sp³-hybridized carbons (Fsp3) is 0.167. The van der Waals surface area contributed by atoms with Crippen molar-refractivity contribution >= 4 is 51.5 Å². The van der Waals surface area contributed by atoms with Crippen LogP contribution < -0.4 is 10.2 Å². The number of anilines is 2. The van der Waals surface area contributed by atoms with Crippen molar-refractivity contribution in [3.05, 3.63) is 58.3 Å². The number of fused-ring (bicyclic) bond motifs is 1. The Hall–Kier alpha value is -2.58. The number of carbonyl (C=O) groups is 1. The van der Waals surface area contributed by atoms with E-state index in [1.54, 1.807) is 36.4 Å². The zero-order chi connectivity index (χ0) is 20.5. The Morgan fingerprint density at radius 2 is 1.71 bits per heavy atom.